The highest BCUT2D eigenvalue weighted by Crippen LogP contribution is 2.26. The molecule has 0 saturated carbocycles. The lowest BCUT2D eigenvalue weighted by molar-refractivity contribution is 0.0819. The first-order chi connectivity index (χ1) is 9.25. The van der Waals surface area contributed by atoms with Crippen molar-refractivity contribution < 1.29 is 9.59 Å². The van der Waals surface area contributed by atoms with Gasteiger partial charge in [-0.05, 0) is 17.5 Å². The maximum Gasteiger partial charge on any atom is 0.243 e. The first kappa shape index (κ1) is 11.8. The molecule has 19 heavy (non-hydrogen) atoms. The second-order valence-electron chi connectivity index (χ2n) is 4.17. The van der Waals surface area contributed by atoms with Crippen LogP contribution in [0, 0.1) is 0 Å². The van der Waals surface area contributed by atoms with Crippen LogP contribution in [0.15, 0.2) is 60.7 Å². The Balaban J connectivity index is 1.98. The summed E-state index contributed by atoms with van der Waals surface area (Å²) in [5.74, 6) is -0.889. The van der Waals surface area contributed by atoms with E-state index in [0.29, 0.717) is 10.4 Å². The molecule has 0 aliphatic heterocycles. The Morgan fingerprint density at radius 1 is 0.789 bits per heavy atom. The molecule has 3 aromatic rings. The molecule has 2 aromatic carbocycles. The summed E-state index contributed by atoms with van der Waals surface area (Å²) in [5.41, 5.74) is 0.435. The lowest BCUT2D eigenvalue weighted by Gasteiger charge is -1.97. The van der Waals surface area contributed by atoms with Crippen LogP contribution >= 0.6 is 11.3 Å². The van der Waals surface area contributed by atoms with Crippen LogP contribution in [0.25, 0.3) is 10.1 Å². The SMILES string of the molecule is O=C(C(=O)c1cc2ccccc2s1)c1ccccc1. The fraction of sp³-hybridized carbons (Fsp3) is 0. The summed E-state index contributed by atoms with van der Waals surface area (Å²) in [4.78, 5) is 24.8. The van der Waals surface area contributed by atoms with Gasteiger partial charge in [-0.3, -0.25) is 9.59 Å². The first-order valence-corrected chi connectivity index (χ1v) is 6.70. The number of carbonyl (C=O) groups is 2. The monoisotopic (exact) mass is 266 g/mol. The van der Waals surface area contributed by atoms with Crippen LogP contribution in [-0.4, -0.2) is 11.6 Å². The van der Waals surface area contributed by atoms with Crippen molar-refractivity contribution in [1.29, 1.82) is 0 Å². The summed E-state index contributed by atoms with van der Waals surface area (Å²) in [6.45, 7) is 0. The van der Waals surface area contributed by atoms with E-state index in [0.717, 1.165) is 10.1 Å². The first-order valence-electron chi connectivity index (χ1n) is 5.88. The van der Waals surface area contributed by atoms with Gasteiger partial charge in [0.05, 0.1) is 4.88 Å². The zero-order valence-electron chi connectivity index (χ0n) is 10.00. The smallest absolute Gasteiger partial charge is 0.243 e. The molecular weight excluding hydrogens is 256 g/mol. The molecule has 2 nitrogen and oxygen atoms in total. The molecule has 0 saturated heterocycles. The fourth-order valence-electron chi connectivity index (χ4n) is 1.93. The summed E-state index contributed by atoms with van der Waals surface area (Å²) in [5, 5.41) is 0.997. The summed E-state index contributed by atoms with van der Waals surface area (Å²) in [7, 11) is 0. The number of benzene rings is 2. The molecule has 0 aliphatic carbocycles. The molecule has 0 amide bonds. The average Bonchev–Trinajstić information content (AvgIpc) is 2.90. The molecule has 0 aliphatic rings. The molecule has 0 N–H and O–H groups in total. The number of ketones is 2. The zero-order chi connectivity index (χ0) is 13.2. The molecule has 92 valence electrons. The third kappa shape index (κ3) is 2.20. The van der Waals surface area contributed by atoms with Crippen LogP contribution in [0.5, 0.6) is 0 Å². The van der Waals surface area contributed by atoms with Gasteiger partial charge >= 0.3 is 0 Å². The minimum Gasteiger partial charge on any atom is -0.285 e. The van der Waals surface area contributed by atoms with E-state index in [4.69, 9.17) is 0 Å². The molecule has 0 fully saturated rings. The highest BCUT2D eigenvalue weighted by molar-refractivity contribution is 7.21. The van der Waals surface area contributed by atoms with Gasteiger partial charge in [-0.25, -0.2) is 0 Å². The van der Waals surface area contributed by atoms with Crippen molar-refractivity contribution in [2.45, 2.75) is 0 Å². The van der Waals surface area contributed by atoms with Crippen LogP contribution in [-0.2, 0) is 0 Å². The predicted molar refractivity (Wildman–Crippen MR) is 76.9 cm³/mol. The second-order valence-corrected chi connectivity index (χ2v) is 5.26. The van der Waals surface area contributed by atoms with Crippen LogP contribution < -0.4 is 0 Å². The van der Waals surface area contributed by atoms with Gasteiger partial charge in [-0.2, -0.15) is 0 Å². The Kier molecular flexibility index (Phi) is 2.97. The molecule has 0 radical (unpaired) electrons. The highest BCUT2D eigenvalue weighted by Gasteiger charge is 2.19. The number of fused-ring (bicyclic) bond motifs is 1. The largest absolute Gasteiger partial charge is 0.285 e. The predicted octanol–water partition coefficient (Wildman–Crippen LogP) is 3.97. The number of hydrogen-bond acceptors (Lipinski definition) is 3. The zero-order valence-corrected chi connectivity index (χ0v) is 10.8. The van der Waals surface area contributed by atoms with Crippen LogP contribution in [0.3, 0.4) is 0 Å². The summed E-state index contributed by atoms with van der Waals surface area (Å²) in [6, 6.07) is 18.2. The molecule has 0 unspecified atom stereocenters. The highest BCUT2D eigenvalue weighted by atomic mass is 32.1. The van der Waals surface area contributed by atoms with Crippen molar-refractivity contribution in [3.8, 4) is 0 Å². The minimum absolute atomic E-state index is 0.435. The molecule has 0 atom stereocenters. The number of Topliss-reactive ketones (excluding diaryl/α,β-unsaturated/α-hetero) is 2. The fourth-order valence-corrected chi connectivity index (χ4v) is 2.93. The third-order valence-electron chi connectivity index (χ3n) is 2.89. The van der Waals surface area contributed by atoms with Gasteiger partial charge in [0, 0.05) is 10.3 Å². The van der Waals surface area contributed by atoms with E-state index in [9.17, 15) is 9.59 Å². The summed E-state index contributed by atoms with van der Waals surface area (Å²) >= 11 is 1.36. The van der Waals surface area contributed by atoms with E-state index in [1.807, 2.05) is 30.3 Å². The molecule has 3 rings (SSSR count). The van der Waals surface area contributed by atoms with Crippen molar-refractivity contribution in [3.05, 3.63) is 71.1 Å². The summed E-state index contributed by atoms with van der Waals surface area (Å²) in [6.07, 6.45) is 0. The van der Waals surface area contributed by atoms with E-state index in [1.54, 1.807) is 30.3 Å². The molecule has 1 aromatic heterocycles. The van der Waals surface area contributed by atoms with Crippen molar-refractivity contribution in [2.24, 2.45) is 0 Å². The normalized spacial score (nSPS) is 10.5. The van der Waals surface area contributed by atoms with Gasteiger partial charge in [0.2, 0.25) is 11.6 Å². The average molecular weight is 266 g/mol. The topological polar surface area (TPSA) is 34.1 Å². The summed E-state index contributed by atoms with van der Waals surface area (Å²) < 4.78 is 1.02. The Morgan fingerprint density at radius 3 is 2.21 bits per heavy atom. The van der Waals surface area contributed by atoms with Crippen molar-refractivity contribution >= 4 is 33.0 Å². The maximum absolute atomic E-state index is 12.2. The quantitative estimate of drug-likeness (QED) is 0.531. The van der Waals surface area contributed by atoms with Gasteiger partial charge < -0.3 is 0 Å². The minimum atomic E-state index is -0.452. The second kappa shape index (κ2) is 4.78. The van der Waals surface area contributed by atoms with E-state index in [-0.39, 0.29) is 0 Å². The van der Waals surface area contributed by atoms with Crippen LogP contribution in [0.4, 0.5) is 0 Å². The molecule has 0 bridgehead atoms. The van der Waals surface area contributed by atoms with Gasteiger partial charge in [0.25, 0.3) is 0 Å². The van der Waals surface area contributed by atoms with Gasteiger partial charge in [0.15, 0.2) is 0 Å². The maximum atomic E-state index is 12.2. The van der Waals surface area contributed by atoms with E-state index in [1.165, 1.54) is 11.3 Å². The Hall–Kier alpha value is -2.26. The lowest BCUT2D eigenvalue weighted by Crippen LogP contribution is -2.12. The molecule has 3 heteroatoms. The van der Waals surface area contributed by atoms with Crippen LogP contribution in [0.1, 0.15) is 20.0 Å². The van der Waals surface area contributed by atoms with Gasteiger partial charge in [0.1, 0.15) is 0 Å². The van der Waals surface area contributed by atoms with E-state index < -0.39 is 11.6 Å². The number of hydrogen-bond donors (Lipinski definition) is 0. The van der Waals surface area contributed by atoms with E-state index in [2.05, 4.69) is 0 Å². The lowest BCUT2D eigenvalue weighted by atomic mass is 10.1. The number of rotatable bonds is 3. The molecule has 1 heterocycles. The van der Waals surface area contributed by atoms with Crippen LogP contribution in [0.2, 0.25) is 0 Å². The number of carbonyl (C=O) groups excluding carboxylic acids is 2. The van der Waals surface area contributed by atoms with E-state index >= 15 is 0 Å². The molecular formula is C16H10O2S. The Bertz CT molecular complexity index is 724. The van der Waals surface area contributed by atoms with Gasteiger partial charge in [-0.15, -0.1) is 11.3 Å². The third-order valence-corrected chi connectivity index (χ3v) is 4.01. The number of thiophene rings is 1. The van der Waals surface area contributed by atoms with Gasteiger partial charge in [-0.1, -0.05) is 48.5 Å². The molecule has 0 spiro atoms. The standard InChI is InChI=1S/C16H10O2S/c17-15(11-6-2-1-3-7-11)16(18)14-10-12-8-4-5-9-13(12)19-14/h1-10H. The van der Waals surface area contributed by atoms with Crippen molar-refractivity contribution in [1.82, 2.24) is 0 Å². The Morgan fingerprint density at radius 2 is 1.47 bits per heavy atom. The van der Waals surface area contributed by atoms with Crippen molar-refractivity contribution in [2.75, 3.05) is 0 Å². The Labute approximate surface area is 114 Å². The van der Waals surface area contributed by atoms with Crippen molar-refractivity contribution in [3.63, 3.8) is 0 Å².